The Morgan fingerprint density at radius 2 is 2.20 bits per heavy atom. The van der Waals surface area contributed by atoms with Crippen molar-refractivity contribution in [2.75, 3.05) is 20.3 Å². The number of halogens is 1. The van der Waals surface area contributed by atoms with Crippen LogP contribution >= 0.6 is 45.3 Å². The summed E-state index contributed by atoms with van der Waals surface area (Å²) in [5.41, 5.74) is 1.45. The highest BCUT2D eigenvalue weighted by Crippen LogP contribution is 2.35. The predicted molar refractivity (Wildman–Crippen MR) is 145 cm³/mol. The first-order valence-corrected chi connectivity index (χ1v) is 13.3. The Bertz CT molecular complexity index is 1530. The number of ether oxygens (including phenoxy) is 3. The van der Waals surface area contributed by atoms with Crippen LogP contribution in [0.4, 0.5) is 0 Å². The molecule has 4 rings (SSSR count). The SMILES string of the molecule is C#CCOc1c(I)cc(/C=c2\sc3n(c2=O)[C@H](c2cccs2)C(C(=O)OCC)=C(C)N=3)cc1OC. The molecule has 10 heteroatoms. The number of thiophene rings is 1. The van der Waals surface area contributed by atoms with Gasteiger partial charge in [-0.05, 0) is 71.7 Å². The summed E-state index contributed by atoms with van der Waals surface area (Å²) in [6.45, 7) is 3.88. The van der Waals surface area contributed by atoms with Gasteiger partial charge in [-0.1, -0.05) is 23.3 Å². The molecular weight excluding hydrogens is 599 g/mol. The average Bonchev–Trinajstić information content (AvgIpc) is 3.46. The van der Waals surface area contributed by atoms with Gasteiger partial charge >= 0.3 is 5.97 Å². The van der Waals surface area contributed by atoms with Crippen LogP contribution < -0.4 is 24.4 Å². The molecule has 1 aliphatic heterocycles. The van der Waals surface area contributed by atoms with Gasteiger partial charge in [0.15, 0.2) is 16.3 Å². The Balaban J connectivity index is 1.88. The van der Waals surface area contributed by atoms with Crippen LogP contribution in [0.15, 0.2) is 50.7 Å². The number of terminal acetylenes is 1. The van der Waals surface area contributed by atoms with Crippen LogP contribution in [-0.2, 0) is 9.53 Å². The second kappa shape index (κ2) is 10.8. The van der Waals surface area contributed by atoms with Gasteiger partial charge in [0.1, 0.15) is 12.6 Å². The summed E-state index contributed by atoms with van der Waals surface area (Å²) in [4.78, 5) is 32.5. The van der Waals surface area contributed by atoms with Crippen LogP contribution in [-0.4, -0.2) is 30.9 Å². The molecule has 3 aromatic rings. The minimum absolute atomic E-state index is 0.120. The number of fused-ring (bicyclic) bond motifs is 1. The molecule has 7 nitrogen and oxygen atoms in total. The van der Waals surface area contributed by atoms with E-state index in [2.05, 4.69) is 33.5 Å². The number of aromatic nitrogens is 1. The summed E-state index contributed by atoms with van der Waals surface area (Å²) in [6, 6.07) is 6.89. The van der Waals surface area contributed by atoms with E-state index in [0.717, 1.165) is 14.0 Å². The summed E-state index contributed by atoms with van der Waals surface area (Å²) >= 11 is 4.89. The van der Waals surface area contributed by atoms with Gasteiger partial charge in [-0.2, -0.15) is 0 Å². The molecule has 2 aromatic heterocycles. The Morgan fingerprint density at radius 1 is 1.40 bits per heavy atom. The van der Waals surface area contributed by atoms with Gasteiger partial charge < -0.3 is 14.2 Å². The molecule has 0 unspecified atom stereocenters. The topological polar surface area (TPSA) is 79.1 Å². The van der Waals surface area contributed by atoms with Crippen molar-refractivity contribution >= 4 is 57.3 Å². The van der Waals surface area contributed by atoms with Gasteiger partial charge in [0.25, 0.3) is 5.56 Å². The maximum Gasteiger partial charge on any atom is 0.338 e. The standard InChI is InChI=1S/C25H21IN2O5S2/c1-5-9-33-22-16(26)11-15(12-17(22)31-4)13-19-23(29)28-21(18-8-7-10-34-18)20(24(30)32-6-2)14(3)27-25(28)35-19/h1,7-8,10-13,21H,6,9H2,2-4H3/b19-13-/t21-/m1/s1. The molecule has 0 saturated carbocycles. The summed E-state index contributed by atoms with van der Waals surface area (Å²) in [5.74, 6) is 3.05. The number of carbonyl (C=O) groups is 1. The van der Waals surface area contributed by atoms with Crippen LogP contribution in [0.2, 0.25) is 0 Å². The lowest BCUT2D eigenvalue weighted by molar-refractivity contribution is -0.139. The van der Waals surface area contributed by atoms with Crippen molar-refractivity contribution < 1.29 is 19.0 Å². The highest BCUT2D eigenvalue weighted by Gasteiger charge is 2.33. The molecule has 0 saturated heterocycles. The summed E-state index contributed by atoms with van der Waals surface area (Å²) in [7, 11) is 1.55. The van der Waals surface area contributed by atoms with E-state index < -0.39 is 12.0 Å². The van der Waals surface area contributed by atoms with Crippen molar-refractivity contribution in [3.8, 4) is 23.8 Å². The Hall–Kier alpha value is -2.88. The third-order valence-electron chi connectivity index (χ3n) is 5.18. The number of benzene rings is 1. The van der Waals surface area contributed by atoms with E-state index in [4.69, 9.17) is 20.6 Å². The summed E-state index contributed by atoms with van der Waals surface area (Å²) in [5, 5.41) is 1.92. The number of thiazole rings is 1. The highest BCUT2D eigenvalue weighted by molar-refractivity contribution is 14.1. The average molecular weight is 620 g/mol. The first-order chi connectivity index (χ1) is 16.9. The molecule has 1 atom stereocenters. The van der Waals surface area contributed by atoms with Gasteiger partial charge in [-0.25, -0.2) is 9.79 Å². The lowest BCUT2D eigenvalue weighted by atomic mass is 10.0. The number of nitrogens with zero attached hydrogens (tertiary/aromatic N) is 2. The predicted octanol–water partition coefficient (Wildman–Crippen LogP) is 3.49. The molecule has 180 valence electrons. The minimum Gasteiger partial charge on any atom is -0.493 e. The minimum atomic E-state index is -0.596. The van der Waals surface area contributed by atoms with Crippen molar-refractivity contribution in [1.29, 1.82) is 0 Å². The zero-order chi connectivity index (χ0) is 25.1. The largest absolute Gasteiger partial charge is 0.493 e. The van der Waals surface area contributed by atoms with Crippen molar-refractivity contribution in [2.24, 2.45) is 4.99 Å². The molecule has 3 heterocycles. The molecule has 0 aliphatic carbocycles. The van der Waals surface area contributed by atoms with Crippen molar-refractivity contribution in [1.82, 2.24) is 4.57 Å². The Kier molecular flexibility index (Phi) is 7.78. The first-order valence-electron chi connectivity index (χ1n) is 10.6. The lowest BCUT2D eigenvalue weighted by Crippen LogP contribution is -2.39. The third kappa shape index (κ3) is 4.94. The van der Waals surface area contributed by atoms with E-state index in [9.17, 15) is 9.59 Å². The van der Waals surface area contributed by atoms with Crippen molar-refractivity contribution in [3.63, 3.8) is 0 Å². The van der Waals surface area contributed by atoms with Crippen molar-refractivity contribution in [2.45, 2.75) is 19.9 Å². The van der Waals surface area contributed by atoms with Gasteiger partial charge in [-0.3, -0.25) is 9.36 Å². The monoisotopic (exact) mass is 620 g/mol. The van der Waals surface area contributed by atoms with Crippen LogP contribution in [0.3, 0.4) is 0 Å². The number of methoxy groups -OCH3 is 1. The second-order valence-corrected chi connectivity index (χ2v) is 10.5. The van der Waals surface area contributed by atoms with Crippen LogP contribution in [0.5, 0.6) is 11.5 Å². The summed E-state index contributed by atoms with van der Waals surface area (Å²) < 4.78 is 19.3. The number of hydrogen-bond acceptors (Lipinski definition) is 8. The quantitative estimate of drug-likeness (QED) is 0.230. The van der Waals surface area contributed by atoms with E-state index in [1.165, 1.54) is 22.7 Å². The highest BCUT2D eigenvalue weighted by atomic mass is 127. The fraction of sp³-hybridized carbons (Fsp3) is 0.240. The maximum absolute atomic E-state index is 13.6. The molecule has 1 aliphatic rings. The number of carbonyl (C=O) groups excluding carboxylic acids is 1. The van der Waals surface area contributed by atoms with Crippen molar-refractivity contribution in [3.05, 3.63) is 74.6 Å². The van der Waals surface area contributed by atoms with E-state index in [1.807, 2.05) is 23.6 Å². The molecular formula is C25H21IN2O5S2. The molecule has 1 aromatic carbocycles. The molecule has 0 N–H and O–H groups in total. The first kappa shape index (κ1) is 25.2. The van der Waals surface area contributed by atoms with E-state index in [0.29, 0.717) is 32.1 Å². The smallest absolute Gasteiger partial charge is 0.338 e. The fourth-order valence-electron chi connectivity index (χ4n) is 3.74. The van der Waals surface area contributed by atoms with E-state index in [-0.39, 0.29) is 18.8 Å². The van der Waals surface area contributed by atoms with Crippen LogP contribution in [0, 0.1) is 15.9 Å². The fourth-order valence-corrected chi connectivity index (χ4v) is 6.39. The maximum atomic E-state index is 13.6. The Morgan fingerprint density at radius 3 is 2.86 bits per heavy atom. The zero-order valence-corrected chi connectivity index (χ0v) is 23.0. The van der Waals surface area contributed by atoms with E-state index >= 15 is 0 Å². The second-order valence-electron chi connectivity index (χ2n) is 7.34. The zero-order valence-electron chi connectivity index (χ0n) is 19.2. The molecule has 0 amide bonds. The lowest BCUT2D eigenvalue weighted by Gasteiger charge is -2.23. The molecule has 0 bridgehead atoms. The number of esters is 1. The molecule has 0 radical (unpaired) electrons. The molecule has 0 fully saturated rings. The van der Waals surface area contributed by atoms with Gasteiger partial charge in [0.2, 0.25) is 0 Å². The Labute approximate surface area is 223 Å². The number of allylic oxidation sites excluding steroid dienone is 1. The number of rotatable bonds is 7. The van der Waals surface area contributed by atoms with E-state index in [1.54, 1.807) is 37.7 Å². The van der Waals surface area contributed by atoms with Gasteiger partial charge in [0.05, 0.1) is 33.1 Å². The van der Waals surface area contributed by atoms with Crippen LogP contribution in [0.1, 0.15) is 30.3 Å². The van der Waals surface area contributed by atoms with Gasteiger partial charge in [-0.15, -0.1) is 17.8 Å². The molecule has 0 spiro atoms. The van der Waals surface area contributed by atoms with Crippen LogP contribution in [0.25, 0.3) is 6.08 Å². The normalized spacial score (nSPS) is 15.3. The number of hydrogen-bond donors (Lipinski definition) is 0. The van der Waals surface area contributed by atoms with Gasteiger partial charge in [0, 0.05) is 4.88 Å². The third-order valence-corrected chi connectivity index (χ3v) is 7.89. The summed E-state index contributed by atoms with van der Waals surface area (Å²) in [6.07, 6.45) is 7.10. The molecule has 35 heavy (non-hydrogen) atoms.